The van der Waals surface area contributed by atoms with E-state index in [0.29, 0.717) is 6.61 Å². The standard InChI is InChI=1S/C17H15FO2.C3H6/c1-10-3-4-12(18)7-14(10)16-9-20-17-6-5-13(19)8-15(17)11(16)2;1-3-2/h3-8,19H,9H2,1-2H3;3H,1H2,2H3. The van der Waals surface area contributed by atoms with Crippen molar-refractivity contribution in [3.63, 3.8) is 0 Å². The van der Waals surface area contributed by atoms with Crippen LogP contribution in [0.5, 0.6) is 11.5 Å². The van der Waals surface area contributed by atoms with Crippen molar-refractivity contribution in [3.05, 3.63) is 71.6 Å². The third-order valence-electron chi connectivity index (χ3n) is 3.72. The molecule has 0 fully saturated rings. The van der Waals surface area contributed by atoms with E-state index in [2.05, 4.69) is 6.58 Å². The topological polar surface area (TPSA) is 29.5 Å². The Balaban J connectivity index is 0.000000595. The van der Waals surface area contributed by atoms with Crippen molar-refractivity contribution >= 4 is 11.1 Å². The minimum Gasteiger partial charge on any atom is -0.508 e. The van der Waals surface area contributed by atoms with Gasteiger partial charge in [0.05, 0.1) is 0 Å². The molecule has 1 aliphatic heterocycles. The first-order valence-corrected chi connectivity index (χ1v) is 7.47. The molecule has 1 aliphatic rings. The normalized spacial score (nSPS) is 12.7. The molecule has 0 aromatic heterocycles. The predicted octanol–water partition coefficient (Wildman–Crippen LogP) is 5.36. The Morgan fingerprint density at radius 3 is 2.52 bits per heavy atom. The first-order valence-electron chi connectivity index (χ1n) is 7.47. The predicted molar refractivity (Wildman–Crippen MR) is 93.1 cm³/mol. The molecule has 3 rings (SSSR count). The van der Waals surface area contributed by atoms with Crippen LogP contribution in [0.15, 0.2) is 49.1 Å². The molecule has 0 spiro atoms. The zero-order chi connectivity index (χ0) is 17.0. The van der Waals surface area contributed by atoms with Gasteiger partial charge in [-0.2, -0.15) is 0 Å². The van der Waals surface area contributed by atoms with Gasteiger partial charge in [-0.15, -0.1) is 6.58 Å². The van der Waals surface area contributed by atoms with Crippen molar-refractivity contribution < 1.29 is 14.2 Å². The first-order chi connectivity index (χ1) is 11.0. The summed E-state index contributed by atoms with van der Waals surface area (Å²) in [7, 11) is 0. The zero-order valence-corrected chi connectivity index (χ0v) is 13.7. The number of ether oxygens (including phenoxy) is 1. The maximum Gasteiger partial charge on any atom is 0.127 e. The van der Waals surface area contributed by atoms with Crippen LogP contribution >= 0.6 is 0 Å². The van der Waals surface area contributed by atoms with Crippen LogP contribution in [-0.4, -0.2) is 11.7 Å². The van der Waals surface area contributed by atoms with Gasteiger partial charge in [-0.1, -0.05) is 12.1 Å². The smallest absolute Gasteiger partial charge is 0.127 e. The van der Waals surface area contributed by atoms with E-state index in [-0.39, 0.29) is 11.6 Å². The van der Waals surface area contributed by atoms with Gasteiger partial charge in [-0.3, -0.25) is 0 Å². The summed E-state index contributed by atoms with van der Waals surface area (Å²) in [6.45, 7) is 9.58. The highest BCUT2D eigenvalue weighted by atomic mass is 19.1. The fourth-order valence-electron chi connectivity index (χ4n) is 2.56. The van der Waals surface area contributed by atoms with Crippen LogP contribution in [0.3, 0.4) is 0 Å². The molecular formula is C20H21FO2. The van der Waals surface area contributed by atoms with E-state index in [4.69, 9.17) is 4.74 Å². The van der Waals surface area contributed by atoms with Crippen LogP contribution in [0.25, 0.3) is 11.1 Å². The molecule has 2 aromatic rings. The average molecular weight is 312 g/mol. The van der Waals surface area contributed by atoms with E-state index in [1.165, 1.54) is 12.1 Å². The van der Waals surface area contributed by atoms with Gasteiger partial charge in [0, 0.05) is 11.1 Å². The summed E-state index contributed by atoms with van der Waals surface area (Å²) in [5, 5.41) is 9.62. The Morgan fingerprint density at radius 1 is 1.13 bits per heavy atom. The second kappa shape index (κ2) is 7.14. The number of phenolic OH excluding ortho intramolecular Hbond substituents is 1. The summed E-state index contributed by atoms with van der Waals surface area (Å²) in [4.78, 5) is 0. The van der Waals surface area contributed by atoms with Gasteiger partial charge < -0.3 is 9.84 Å². The van der Waals surface area contributed by atoms with E-state index in [1.807, 2.05) is 20.8 Å². The molecule has 1 heterocycles. The highest BCUT2D eigenvalue weighted by Gasteiger charge is 2.20. The largest absolute Gasteiger partial charge is 0.508 e. The molecule has 0 atom stereocenters. The van der Waals surface area contributed by atoms with Gasteiger partial charge in [0.2, 0.25) is 0 Å². The molecule has 0 bridgehead atoms. The Kier molecular flexibility index (Phi) is 5.22. The zero-order valence-electron chi connectivity index (χ0n) is 13.7. The van der Waals surface area contributed by atoms with Crippen LogP contribution in [0.4, 0.5) is 4.39 Å². The molecule has 0 saturated carbocycles. The summed E-state index contributed by atoms with van der Waals surface area (Å²) in [6, 6.07) is 9.79. The van der Waals surface area contributed by atoms with E-state index in [9.17, 15) is 9.50 Å². The van der Waals surface area contributed by atoms with Crippen molar-refractivity contribution in [1.29, 1.82) is 0 Å². The molecule has 2 aromatic carbocycles. The van der Waals surface area contributed by atoms with E-state index in [1.54, 1.807) is 30.3 Å². The number of fused-ring (bicyclic) bond motifs is 1. The molecule has 0 aliphatic carbocycles. The maximum absolute atomic E-state index is 13.5. The summed E-state index contributed by atoms with van der Waals surface area (Å²) in [5.74, 6) is 0.689. The Labute approximate surface area is 136 Å². The van der Waals surface area contributed by atoms with Crippen LogP contribution in [0.1, 0.15) is 30.5 Å². The lowest BCUT2D eigenvalue weighted by Crippen LogP contribution is -2.10. The fourth-order valence-corrected chi connectivity index (χ4v) is 2.56. The summed E-state index contributed by atoms with van der Waals surface area (Å²) in [6.07, 6.45) is 1.75. The van der Waals surface area contributed by atoms with Crippen molar-refractivity contribution in [3.8, 4) is 11.5 Å². The van der Waals surface area contributed by atoms with Gasteiger partial charge in [-0.25, -0.2) is 4.39 Å². The number of aryl methyl sites for hydroxylation is 1. The lowest BCUT2D eigenvalue weighted by atomic mass is 9.91. The van der Waals surface area contributed by atoms with Gasteiger partial charge in [0.15, 0.2) is 0 Å². The lowest BCUT2D eigenvalue weighted by molar-refractivity contribution is 0.363. The number of phenols is 1. The van der Waals surface area contributed by atoms with Crippen LogP contribution < -0.4 is 4.74 Å². The number of allylic oxidation sites excluding steroid dienone is 2. The molecule has 23 heavy (non-hydrogen) atoms. The van der Waals surface area contributed by atoms with E-state index in [0.717, 1.165) is 33.6 Å². The molecule has 0 saturated heterocycles. The highest BCUT2D eigenvalue weighted by molar-refractivity contribution is 5.94. The second-order valence-electron chi connectivity index (χ2n) is 5.44. The van der Waals surface area contributed by atoms with Gasteiger partial charge >= 0.3 is 0 Å². The molecule has 2 nitrogen and oxygen atoms in total. The number of halogens is 1. The molecule has 0 amide bonds. The fraction of sp³-hybridized carbons (Fsp3) is 0.200. The number of aromatic hydroxyl groups is 1. The van der Waals surface area contributed by atoms with Crippen molar-refractivity contribution in [2.45, 2.75) is 20.8 Å². The summed E-state index contributed by atoms with van der Waals surface area (Å²) >= 11 is 0. The second-order valence-corrected chi connectivity index (χ2v) is 5.44. The monoisotopic (exact) mass is 312 g/mol. The molecular weight excluding hydrogens is 291 g/mol. The Hall–Kier alpha value is -2.55. The van der Waals surface area contributed by atoms with Crippen LogP contribution in [0, 0.1) is 12.7 Å². The van der Waals surface area contributed by atoms with E-state index < -0.39 is 0 Å². The third-order valence-corrected chi connectivity index (χ3v) is 3.72. The SMILES string of the molecule is C=CC.CC1=C(c2cc(F)ccc2C)COc2ccc(O)cc21. The van der Waals surface area contributed by atoms with Crippen LogP contribution in [0.2, 0.25) is 0 Å². The number of rotatable bonds is 1. The van der Waals surface area contributed by atoms with Crippen molar-refractivity contribution in [2.24, 2.45) is 0 Å². The summed E-state index contributed by atoms with van der Waals surface area (Å²) in [5.41, 5.74) is 4.69. The number of hydrogen-bond donors (Lipinski definition) is 1. The quantitative estimate of drug-likeness (QED) is 0.719. The van der Waals surface area contributed by atoms with Gasteiger partial charge in [-0.05, 0) is 67.8 Å². The minimum absolute atomic E-state index is 0.198. The van der Waals surface area contributed by atoms with Crippen LogP contribution in [-0.2, 0) is 0 Å². The molecule has 0 radical (unpaired) electrons. The molecule has 120 valence electrons. The van der Waals surface area contributed by atoms with Crippen molar-refractivity contribution in [2.75, 3.05) is 6.61 Å². The average Bonchev–Trinajstić information content (AvgIpc) is 2.52. The van der Waals surface area contributed by atoms with Gasteiger partial charge in [0.1, 0.15) is 23.9 Å². The van der Waals surface area contributed by atoms with Gasteiger partial charge in [0.25, 0.3) is 0 Å². The number of benzene rings is 2. The highest BCUT2D eigenvalue weighted by Crippen LogP contribution is 2.39. The molecule has 1 N–H and O–H groups in total. The molecule has 0 unspecified atom stereocenters. The maximum atomic E-state index is 13.5. The Bertz CT molecular complexity index is 760. The van der Waals surface area contributed by atoms with Crippen molar-refractivity contribution in [1.82, 2.24) is 0 Å². The first kappa shape index (κ1) is 16.8. The third kappa shape index (κ3) is 3.62. The van der Waals surface area contributed by atoms with E-state index >= 15 is 0 Å². The number of hydrogen-bond acceptors (Lipinski definition) is 2. The molecule has 3 heteroatoms. The lowest BCUT2D eigenvalue weighted by Gasteiger charge is -2.23. The Morgan fingerprint density at radius 2 is 1.83 bits per heavy atom. The summed E-state index contributed by atoms with van der Waals surface area (Å²) < 4.78 is 19.2. The minimum atomic E-state index is -0.257.